The van der Waals surface area contributed by atoms with Crippen LogP contribution < -0.4 is 5.32 Å². The van der Waals surface area contributed by atoms with Gasteiger partial charge in [0.2, 0.25) is 0 Å². The highest BCUT2D eigenvalue weighted by molar-refractivity contribution is 9.10. The Morgan fingerprint density at radius 1 is 1.75 bits per heavy atom. The topological polar surface area (TPSA) is 44.9 Å². The zero-order valence-corrected chi connectivity index (χ0v) is 8.03. The molecule has 1 heterocycles. The summed E-state index contributed by atoms with van der Waals surface area (Å²) in [6.07, 6.45) is 1.69. The van der Waals surface area contributed by atoms with Crippen LogP contribution in [0.5, 0.6) is 0 Å². The summed E-state index contributed by atoms with van der Waals surface area (Å²) in [6.45, 7) is 1.66. The molecule has 0 aliphatic heterocycles. The Hall–Kier alpha value is -1.21. The van der Waals surface area contributed by atoms with Crippen molar-refractivity contribution in [1.29, 1.82) is 0 Å². The summed E-state index contributed by atoms with van der Waals surface area (Å²) in [5.74, 6) is 2.34. The van der Waals surface area contributed by atoms with Crippen LogP contribution in [0.15, 0.2) is 16.7 Å². The molecular formula is C8H7BrN2O. The lowest BCUT2D eigenvalue weighted by atomic mass is 10.4. The fraction of sp³-hybridized carbons (Fsp3) is 0.125. The summed E-state index contributed by atoms with van der Waals surface area (Å²) in [5, 5.41) is 2.41. The van der Waals surface area contributed by atoms with Gasteiger partial charge < -0.3 is 4.98 Å². The molecule has 2 N–H and O–H groups in total. The first-order valence-corrected chi connectivity index (χ1v) is 4.09. The molecule has 12 heavy (non-hydrogen) atoms. The lowest BCUT2D eigenvalue weighted by Gasteiger charge is -1.91. The molecule has 0 saturated carbocycles. The van der Waals surface area contributed by atoms with Crippen LogP contribution in [0.25, 0.3) is 0 Å². The van der Waals surface area contributed by atoms with Crippen LogP contribution in [-0.4, -0.2) is 10.9 Å². The van der Waals surface area contributed by atoms with E-state index >= 15 is 0 Å². The van der Waals surface area contributed by atoms with Crippen LogP contribution in [0.3, 0.4) is 0 Å². The molecule has 1 aromatic heterocycles. The van der Waals surface area contributed by atoms with Gasteiger partial charge in [-0.15, -0.1) is 0 Å². The van der Waals surface area contributed by atoms with E-state index in [2.05, 4.69) is 38.2 Å². The van der Waals surface area contributed by atoms with Crippen molar-refractivity contribution in [2.45, 2.75) is 6.92 Å². The molecular weight excluding hydrogens is 220 g/mol. The standard InChI is InChI=1S/C8H7BrN2O/c1-2-3-10-8(12)7-4-6(9)5-11-7/h4-5,11H,1H3,(H,10,12). The third-order valence-electron chi connectivity index (χ3n) is 1.19. The molecule has 0 fully saturated rings. The van der Waals surface area contributed by atoms with E-state index in [9.17, 15) is 4.79 Å². The number of rotatable bonds is 1. The van der Waals surface area contributed by atoms with Crippen molar-refractivity contribution < 1.29 is 4.79 Å². The molecule has 1 rings (SSSR count). The number of aromatic nitrogens is 1. The molecule has 1 aromatic rings. The molecule has 1 amide bonds. The minimum Gasteiger partial charge on any atom is -0.356 e. The summed E-state index contributed by atoms with van der Waals surface area (Å²) >= 11 is 3.22. The Morgan fingerprint density at radius 2 is 2.50 bits per heavy atom. The van der Waals surface area contributed by atoms with E-state index in [1.165, 1.54) is 0 Å². The van der Waals surface area contributed by atoms with Crippen LogP contribution in [0.2, 0.25) is 0 Å². The molecule has 0 unspecified atom stereocenters. The molecule has 0 atom stereocenters. The average molecular weight is 227 g/mol. The predicted molar refractivity (Wildman–Crippen MR) is 49.4 cm³/mol. The van der Waals surface area contributed by atoms with Gasteiger partial charge >= 0.3 is 0 Å². The zero-order chi connectivity index (χ0) is 8.97. The van der Waals surface area contributed by atoms with Gasteiger partial charge in [0.05, 0.1) is 0 Å². The molecule has 0 spiro atoms. The highest BCUT2D eigenvalue weighted by Crippen LogP contribution is 2.09. The molecule has 4 heteroatoms. The maximum absolute atomic E-state index is 11.2. The Bertz CT molecular complexity index is 345. The molecule has 0 radical (unpaired) electrons. The summed E-state index contributed by atoms with van der Waals surface area (Å²) in [4.78, 5) is 13.9. The monoisotopic (exact) mass is 226 g/mol. The molecule has 0 aliphatic carbocycles. The van der Waals surface area contributed by atoms with E-state index in [1.54, 1.807) is 19.2 Å². The fourth-order valence-corrected chi connectivity index (χ4v) is 1.03. The van der Waals surface area contributed by atoms with Gasteiger partial charge in [0.1, 0.15) is 5.69 Å². The van der Waals surface area contributed by atoms with Crippen LogP contribution in [0.4, 0.5) is 0 Å². The number of hydrogen-bond donors (Lipinski definition) is 2. The van der Waals surface area contributed by atoms with Gasteiger partial charge in [-0.2, -0.15) is 0 Å². The van der Waals surface area contributed by atoms with Gasteiger partial charge in [-0.05, 0) is 28.9 Å². The van der Waals surface area contributed by atoms with E-state index in [4.69, 9.17) is 0 Å². The van der Waals surface area contributed by atoms with Gasteiger partial charge in [-0.1, -0.05) is 5.92 Å². The summed E-state index contributed by atoms with van der Waals surface area (Å²) in [7, 11) is 0. The minimum absolute atomic E-state index is 0.227. The number of H-pyrrole nitrogens is 1. The molecule has 0 aromatic carbocycles. The Balaban J connectivity index is 2.69. The van der Waals surface area contributed by atoms with Crippen LogP contribution >= 0.6 is 15.9 Å². The average Bonchev–Trinajstić information content (AvgIpc) is 2.47. The third kappa shape index (κ3) is 2.14. The van der Waals surface area contributed by atoms with Crippen molar-refractivity contribution in [3.63, 3.8) is 0 Å². The highest BCUT2D eigenvalue weighted by atomic mass is 79.9. The first kappa shape index (κ1) is 8.88. The number of carbonyl (C=O) groups is 1. The lowest BCUT2D eigenvalue weighted by Crippen LogP contribution is -2.17. The quantitative estimate of drug-likeness (QED) is 0.554. The van der Waals surface area contributed by atoms with Gasteiger partial charge in [0.15, 0.2) is 0 Å². The Morgan fingerprint density at radius 3 is 3.00 bits per heavy atom. The second-order valence-corrected chi connectivity index (χ2v) is 2.98. The number of nitrogens with one attached hydrogen (secondary N) is 2. The Labute approximate surface area is 78.7 Å². The van der Waals surface area contributed by atoms with E-state index in [0.717, 1.165) is 4.47 Å². The van der Waals surface area contributed by atoms with Crippen LogP contribution in [-0.2, 0) is 0 Å². The van der Waals surface area contributed by atoms with Crippen molar-refractivity contribution in [3.05, 3.63) is 22.4 Å². The van der Waals surface area contributed by atoms with Gasteiger partial charge in [0.25, 0.3) is 5.91 Å². The fourth-order valence-electron chi connectivity index (χ4n) is 0.686. The summed E-state index contributed by atoms with van der Waals surface area (Å²) in [6, 6.07) is 4.16. The number of hydrogen-bond acceptors (Lipinski definition) is 1. The Kier molecular flexibility index (Phi) is 2.94. The molecule has 62 valence electrons. The first-order chi connectivity index (χ1) is 5.74. The highest BCUT2D eigenvalue weighted by Gasteiger charge is 2.04. The van der Waals surface area contributed by atoms with Crippen molar-refractivity contribution in [1.82, 2.24) is 10.3 Å². The molecule has 0 saturated heterocycles. The molecule has 0 aliphatic rings. The third-order valence-corrected chi connectivity index (χ3v) is 1.65. The van der Waals surface area contributed by atoms with E-state index in [-0.39, 0.29) is 5.91 Å². The summed E-state index contributed by atoms with van der Waals surface area (Å²) < 4.78 is 0.845. The van der Waals surface area contributed by atoms with Gasteiger partial charge in [0, 0.05) is 16.7 Å². The van der Waals surface area contributed by atoms with E-state index < -0.39 is 0 Å². The van der Waals surface area contributed by atoms with E-state index in [0.29, 0.717) is 5.69 Å². The number of halogens is 1. The van der Waals surface area contributed by atoms with Crippen molar-refractivity contribution in [3.8, 4) is 12.0 Å². The van der Waals surface area contributed by atoms with Gasteiger partial charge in [-0.25, -0.2) is 0 Å². The van der Waals surface area contributed by atoms with Crippen LogP contribution in [0.1, 0.15) is 17.4 Å². The van der Waals surface area contributed by atoms with Crippen molar-refractivity contribution >= 4 is 21.8 Å². The second-order valence-electron chi connectivity index (χ2n) is 2.06. The van der Waals surface area contributed by atoms with Gasteiger partial charge in [-0.3, -0.25) is 10.1 Å². The molecule has 0 bridgehead atoms. The maximum atomic E-state index is 11.2. The number of carbonyl (C=O) groups excluding carboxylic acids is 1. The van der Waals surface area contributed by atoms with Crippen LogP contribution in [0, 0.1) is 12.0 Å². The van der Waals surface area contributed by atoms with Crippen molar-refractivity contribution in [2.75, 3.05) is 0 Å². The second kappa shape index (κ2) is 3.98. The smallest absolute Gasteiger partial charge is 0.279 e. The molecule has 3 nitrogen and oxygen atoms in total. The zero-order valence-electron chi connectivity index (χ0n) is 6.44. The normalized spacial score (nSPS) is 8.50. The minimum atomic E-state index is -0.227. The first-order valence-electron chi connectivity index (χ1n) is 3.30. The maximum Gasteiger partial charge on any atom is 0.279 e. The van der Waals surface area contributed by atoms with E-state index in [1.807, 2.05) is 0 Å². The predicted octanol–water partition coefficient (Wildman–Crippen LogP) is 1.49. The summed E-state index contributed by atoms with van der Waals surface area (Å²) in [5.41, 5.74) is 0.490. The number of aromatic amines is 1. The number of amides is 1. The SMILES string of the molecule is CC#CNC(=O)c1cc(Br)c[nH]1. The van der Waals surface area contributed by atoms with Crippen molar-refractivity contribution in [2.24, 2.45) is 0 Å². The lowest BCUT2D eigenvalue weighted by molar-refractivity contribution is 0.0969. The largest absolute Gasteiger partial charge is 0.356 e.